The highest BCUT2D eigenvalue weighted by molar-refractivity contribution is 6.07. The molecule has 0 atom stereocenters. The third-order valence-corrected chi connectivity index (χ3v) is 9.00. The van der Waals surface area contributed by atoms with Crippen LogP contribution < -0.4 is 0 Å². The highest BCUT2D eigenvalue weighted by Crippen LogP contribution is 2.68. The lowest BCUT2D eigenvalue weighted by Crippen LogP contribution is -2.74. The standard InChI is InChI=1S/C30H8F34/c31-15(32,17(35,36)19(39,40)21(43,44)23(47,48)25(51,52)27(55,56)29(59,60)61)13-9-5-1-2-6-10(9)14(12-8-4-3-7-11(12)13)16(33,34)18(37,38)20(41,42)22(45,46)24(49,50)26(53,54)28(57,58)30(62,63)64/h1-8H. The van der Waals surface area contributed by atoms with Gasteiger partial charge in [-0.1, -0.05) is 48.5 Å². The number of hydrogen-bond donors (Lipinski definition) is 0. The van der Waals surface area contributed by atoms with Gasteiger partial charge in [0, 0.05) is 11.1 Å². The highest BCUT2D eigenvalue weighted by atomic mass is 19.4. The second-order valence-corrected chi connectivity index (χ2v) is 12.9. The summed E-state index contributed by atoms with van der Waals surface area (Å²) in [5, 5.41) is -11.0. The number of halogens is 34. The van der Waals surface area contributed by atoms with Crippen LogP contribution in [0.1, 0.15) is 11.1 Å². The quantitative estimate of drug-likeness (QED) is 0.112. The Morgan fingerprint density at radius 3 is 0.484 bits per heavy atom. The first kappa shape index (κ1) is 54.1. The fourth-order valence-corrected chi connectivity index (χ4v) is 5.45. The molecule has 366 valence electrons. The fraction of sp³-hybridized carbons (Fsp3) is 0.533. The molecule has 34 heteroatoms. The smallest absolute Gasteiger partial charge is 0.194 e. The predicted octanol–water partition coefficient (Wildman–Crippen LogP) is 14.9. The zero-order chi connectivity index (χ0) is 51.1. The van der Waals surface area contributed by atoms with Crippen LogP contribution in [-0.4, -0.2) is 83.4 Å². The molecule has 3 aromatic rings. The van der Waals surface area contributed by atoms with E-state index in [1.165, 1.54) is 0 Å². The number of fused-ring (bicyclic) bond motifs is 2. The second-order valence-electron chi connectivity index (χ2n) is 12.9. The van der Waals surface area contributed by atoms with Crippen molar-refractivity contribution in [3.05, 3.63) is 59.7 Å². The Balaban J connectivity index is 2.49. The van der Waals surface area contributed by atoms with Crippen LogP contribution in [0, 0.1) is 0 Å². The zero-order valence-corrected chi connectivity index (χ0v) is 28.5. The summed E-state index contributed by atoms with van der Waals surface area (Å²) in [7, 11) is 0. The van der Waals surface area contributed by atoms with E-state index in [4.69, 9.17) is 0 Å². The lowest BCUT2D eigenvalue weighted by Gasteiger charge is -2.43. The average molecular weight is 1010 g/mol. The van der Waals surface area contributed by atoms with Crippen LogP contribution in [0.25, 0.3) is 21.5 Å². The van der Waals surface area contributed by atoms with E-state index in [1.807, 2.05) is 0 Å². The van der Waals surface area contributed by atoms with Gasteiger partial charge in [-0.05, 0) is 21.5 Å². The van der Waals surface area contributed by atoms with Crippen molar-refractivity contribution in [2.75, 3.05) is 0 Å². The first-order valence-electron chi connectivity index (χ1n) is 15.1. The molecule has 0 bridgehead atoms. The maximum absolute atomic E-state index is 15.8. The van der Waals surface area contributed by atoms with Gasteiger partial charge in [-0.3, -0.25) is 0 Å². The van der Waals surface area contributed by atoms with Crippen molar-refractivity contribution < 1.29 is 149 Å². The summed E-state index contributed by atoms with van der Waals surface area (Å²) >= 11 is 0. The van der Waals surface area contributed by atoms with Crippen molar-refractivity contribution in [3.8, 4) is 0 Å². The molecule has 0 N–H and O–H groups in total. The van der Waals surface area contributed by atoms with Crippen molar-refractivity contribution in [2.45, 2.75) is 95.3 Å². The summed E-state index contributed by atoms with van der Waals surface area (Å²) in [6.07, 6.45) is -16.4. The molecular formula is C30H8F34. The van der Waals surface area contributed by atoms with Crippen molar-refractivity contribution in [1.29, 1.82) is 0 Å². The maximum Gasteiger partial charge on any atom is 0.460 e. The molecule has 0 heterocycles. The Labute approximate surface area is 326 Å². The van der Waals surface area contributed by atoms with Crippen LogP contribution in [0.3, 0.4) is 0 Å². The maximum atomic E-state index is 15.8. The van der Waals surface area contributed by atoms with E-state index < -0.39 is 152 Å². The molecule has 0 amide bonds. The topological polar surface area (TPSA) is 0 Å². The second kappa shape index (κ2) is 14.2. The third-order valence-electron chi connectivity index (χ3n) is 9.00. The molecule has 0 spiro atoms. The molecule has 3 rings (SSSR count). The summed E-state index contributed by atoms with van der Waals surface area (Å²) in [6, 6.07) is -2.65. The van der Waals surface area contributed by atoms with Gasteiger partial charge in [0.2, 0.25) is 0 Å². The summed E-state index contributed by atoms with van der Waals surface area (Å²) in [5.74, 6) is -124. The molecule has 0 fully saturated rings. The van der Waals surface area contributed by atoms with Gasteiger partial charge in [0.15, 0.2) is 0 Å². The Morgan fingerprint density at radius 2 is 0.328 bits per heavy atom. The molecule has 3 aromatic carbocycles. The summed E-state index contributed by atoms with van der Waals surface area (Å²) < 4.78 is 479. The fourth-order valence-electron chi connectivity index (χ4n) is 5.45. The molecule has 0 nitrogen and oxygen atoms in total. The number of hydrogen-bond acceptors (Lipinski definition) is 0. The Morgan fingerprint density at radius 1 is 0.188 bits per heavy atom. The van der Waals surface area contributed by atoms with Crippen LogP contribution in [0.5, 0.6) is 0 Å². The van der Waals surface area contributed by atoms with Crippen LogP contribution in [0.15, 0.2) is 48.5 Å². The number of rotatable bonds is 14. The predicted molar refractivity (Wildman–Crippen MR) is 141 cm³/mol. The van der Waals surface area contributed by atoms with Crippen LogP contribution >= 0.6 is 0 Å². The lowest BCUT2D eigenvalue weighted by molar-refractivity contribution is -0.462. The van der Waals surface area contributed by atoms with Crippen molar-refractivity contribution in [2.24, 2.45) is 0 Å². The molecule has 0 aliphatic heterocycles. The van der Waals surface area contributed by atoms with E-state index in [-0.39, 0.29) is 24.3 Å². The van der Waals surface area contributed by atoms with Crippen molar-refractivity contribution >= 4 is 21.5 Å². The Kier molecular flexibility index (Phi) is 12.0. The van der Waals surface area contributed by atoms with Gasteiger partial charge in [0.05, 0.1) is 0 Å². The van der Waals surface area contributed by atoms with E-state index in [0.717, 1.165) is 0 Å². The van der Waals surface area contributed by atoms with Gasteiger partial charge in [-0.25, -0.2) is 0 Å². The van der Waals surface area contributed by atoms with E-state index in [9.17, 15) is 114 Å². The minimum atomic E-state index is -9.29. The van der Waals surface area contributed by atoms with Gasteiger partial charge in [0.25, 0.3) is 0 Å². The van der Waals surface area contributed by atoms with Gasteiger partial charge in [0.1, 0.15) is 0 Å². The Bertz CT molecular complexity index is 2020. The van der Waals surface area contributed by atoms with E-state index in [1.54, 1.807) is 0 Å². The molecule has 0 aliphatic carbocycles. The van der Waals surface area contributed by atoms with Gasteiger partial charge < -0.3 is 0 Å². The van der Waals surface area contributed by atoms with E-state index >= 15 is 35.1 Å². The Hall–Kier alpha value is -4.20. The lowest BCUT2D eigenvalue weighted by atomic mass is 9.80. The van der Waals surface area contributed by atoms with E-state index in [2.05, 4.69) is 0 Å². The normalized spacial score (nSPS) is 16.3. The first-order valence-corrected chi connectivity index (χ1v) is 15.1. The molecule has 0 radical (unpaired) electrons. The molecular weight excluding hydrogens is 1010 g/mol. The largest absolute Gasteiger partial charge is 0.460 e. The van der Waals surface area contributed by atoms with Crippen LogP contribution in [0.4, 0.5) is 149 Å². The molecule has 0 saturated heterocycles. The zero-order valence-electron chi connectivity index (χ0n) is 28.5. The molecule has 0 saturated carbocycles. The highest BCUT2D eigenvalue weighted by Gasteiger charge is 2.97. The summed E-state index contributed by atoms with van der Waals surface area (Å²) in [4.78, 5) is 0. The van der Waals surface area contributed by atoms with E-state index in [0.29, 0.717) is 0 Å². The van der Waals surface area contributed by atoms with Crippen molar-refractivity contribution in [3.63, 3.8) is 0 Å². The average Bonchev–Trinajstić information content (AvgIpc) is 3.11. The summed E-state index contributed by atoms with van der Waals surface area (Å²) in [6.45, 7) is 0. The van der Waals surface area contributed by atoms with Gasteiger partial charge in [-0.15, -0.1) is 0 Å². The molecule has 0 unspecified atom stereocenters. The molecule has 0 aromatic heterocycles. The summed E-state index contributed by atoms with van der Waals surface area (Å²) in [5.41, 5.74) is -6.98. The van der Waals surface area contributed by atoms with Crippen LogP contribution in [-0.2, 0) is 11.8 Å². The van der Waals surface area contributed by atoms with Crippen molar-refractivity contribution in [1.82, 2.24) is 0 Å². The van der Waals surface area contributed by atoms with Gasteiger partial charge >= 0.3 is 95.3 Å². The number of benzene rings is 3. The van der Waals surface area contributed by atoms with Crippen LogP contribution in [0.2, 0.25) is 0 Å². The first-order chi connectivity index (χ1) is 27.7. The molecule has 64 heavy (non-hydrogen) atoms. The minimum absolute atomic E-state index is 0.0677. The SMILES string of the molecule is FC(F)(F)C(F)(F)C(F)(F)C(F)(F)C(F)(F)C(F)(F)C(F)(F)C(F)(F)c1c2ccccc2c(C(F)(F)C(F)(F)C(F)(F)C(F)(F)C(F)(F)C(F)(F)C(F)(F)C(F)(F)F)c2ccccc12. The van der Waals surface area contributed by atoms with Gasteiger partial charge in [-0.2, -0.15) is 149 Å². The third kappa shape index (κ3) is 6.32. The minimum Gasteiger partial charge on any atom is -0.194 e. The number of alkyl halides is 34. The molecule has 0 aliphatic rings. The monoisotopic (exact) mass is 1010 g/mol.